The Morgan fingerprint density at radius 1 is 1.53 bits per heavy atom. The van der Waals surface area contributed by atoms with Gasteiger partial charge in [-0.2, -0.15) is 0 Å². The normalized spacial score (nSPS) is 14.1. The molecular formula is C12H19N3O2. The summed E-state index contributed by atoms with van der Waals surface area (Å²) >= 11 is 0. The highest BCUT2D eigenvalue weighted by molar-refractivity contribution is 5.81. The van der Waals surface area contributed by atoms with Gasteiger partial charge in [-0.15, -0.1) is 0 Å². The predicted octanol–water partition coefficient (Wildman–Crippen LogP) is 0.364. The van der Waals surface area contributed by atoms with Crippen molar-refractivity contribution in [2.45, 2.75) is 32.9 Å². The third-order valence-corrected chi connectivity index (χ3v) is 2.88. The van der Waals surface area contributed by atoms with Crippen molar-refractivity contribution in [2.75, 3.05) is 0 Å². The predicted molar refractivity (Wildman–Crippen MR) is 66.3 cm³/mol. The van der Waals surface area contributed by atoms with Gasteiger partial charge in [-0.25, -0.2) is 0 Å². The summed E-state index contributed by atoms with van der Waals surface area (Å²) in [5.41, 5.74) is 6.48. The van der Waals surface area contributed by atoms with Gasteiger partial charge in [0.1, 0.15) is 0 Å². The number of amides is 1. The molecule has 1 rings (SSSR count). The van der Waals surface area contributed by atoms with Gasteiger partial charge in [0.2, 0.25) is 11.5 Å². The van der Waals surface area contributed by atoms with Crippen LogP contribution in [0.4, 0.5) is 0 Å². The number of pyridine rings is 1. The van der Waals surface area contributed by atoms with Crippen molar-refractivity contribution >= 4 is 5.91 Å². The molecule has 94 valence electrons. The molecule has 1 aromatic heterocycles. The van der Waals surface area contributed by atoms with Gasteiger partial charge in [0, 0.05) is 18.8 Å². The largest absolute Gasteiger partial charge is 0.351 e. The fourth-order valence-electron chi connectivity index (χ4n) is 1.37. The van der Waals surface area contributed by atoms with E-state index in [1.54, 1.807) is 12.3 Å². The van der Waals surface area contributed by atoms with Crippen LogP contribution in [-0.4, -0.2) is 16.9 Å². The van der Waals surface area contributed by atoms with Gasteiger partial charge in [-0.3, -0.25) is 9.59 Å². The molecule has 5 nitrogen and oxygen atoms in total. The zero-order chi connectivity index (χ0) is 12.8. The summed E-state index contributed by atoms with van der Waals surface area (Å²) in [6.45, 7) is 4.32. The summed E-state index contributed by atoms with van der Waals surface area (Å²) in [4.78, 5) is 25.1. The van der Waals surface area contributed by atoms with E-state index in [4.69, 9.17) is 5.73 Å². The molecule has 2 atom stereocenters. The molecule has 0 bridgehead atoms. The standard InChI is InChI=1S/C12H19N3O2/c1-3-8(2)11(13)12(17)15-7-9-4-5-10(16)14-6-9/h4-6,8,11H,3,7,13H2,1-2H3,(H,14,16)(H,15,17). The van der Waals surface area contributed by atoms with Gasteiger partial charge in [0.25, 0.3) is 0 Å². The number of carbonyl (C=O) groups excluding carboxylic acids is 1. The lowest BCUT2D eigenvalue weighted by Gasteiger charge is -2.17. The Morgan fingerprint density at radius 3 is 2.76 bits per heavy atom. The number of H-pyrrole nitrogens is 1. The summed E-state index contributed by atoms with van der Waals surface area (Å²) < 4.78 is 0. The Morgan fingerprint density at radius 2 is 2.24 bits per heavy atom. The number of aromatic amines is 1. The lowest BCUT2D eigenvalue weighted by molar-refractivity contribution is -0.123. The Bertz CT molecular complexity index is 408. The van der Waals surface area contributed by atoms with Gasteiger partial charge in [-0.05, 0) is 11.5 Å². The van der Waals surface area contributed by atoms with Crippen molar-refractivity contribution in [2.24, 2.45) is 11.7 Å². The number of carbonyl (C=O) groups is 1. The lowest BCUT2D eigenvalue weighted by atomic mass is 9.99. The van der Waals surface area contributed by atoms with Crippen LogP contribution in [-0.2, 0) is 11.3 Å². The van der Waals surface area contributed by atoms with E-state index in [9.17, 15) is 9.59 Å². The number of aromatic nitrogens is 1. The zero-order valence-electron chi connectivity index (χ0n) is 10.2. The summed E-state index contributed by atoms with van der Waals surface area (Å²) in [5.74, 6) is -0.00358. The molecule has 0 aliphatic carbocycles. The van der Waals surface area contributed by atoms with E-state index in [1.165, 1.54) is 6.07 Å². The smallest absolute Gasteiger partial charge is 0.247 e. The summed E-state index contributed by atoms with van der Waals surface area (Å²) in [6, 6.07) is 2.62. The second-order valence-corrected chi connectivity index (χ2v) is 4.19. The van der Waals surface area contributed by atoms with Gasteiger partial charge in [0.15, 0.2) is 0 Å². The topological polar surface area (TPSA) is 88.0 Å². The van der Waals surface area contributed by atoms with Crippen molar-refractivity contribution < 1.29 is 4.79 Å². The molecule has 5 heteroatoms. The molecule has 0 aromatic carbocycles. The molecule has 1 aromatic rings. The molecule has 1 heterocycles. The number of nitrogens with one attached hydrogen (secondary N) is 2. The van der Waals surface area contributed by atoms with Gasteiger partial charge >= 0.3 is 0 Å². The average Bonchev–Trinajstić information content (AvgIpc) is 2.35. The minimum Gasteiger partial charge on any atom is -0.351 e. The maximum Gasteiger partial charge on any atom is 0.247 e. The van der Waals surface area contributed by atoms with Gasteiger partial charge in [-0.1, -0.05) is 26.3 Å². The van der Waals surface area contributed by atoms with Crippen LogP contribution in [0, 0.1) is 5.92 Å². The molecule has 1 amide bonds. The lowest BCUT2D eigenvalue weighted by Crippen LogP contribution is -2.44. The maximum absolute atomic E-state index is 11.7. The molecule has 0 fully saturated rings. The molecular weight excluding hydrogens is 218 g/mol. The fourth-order valence-corrected chi connectivity index (χ4v) is 1.37. The van der Waals surface area contributed by atoms with Gasteiger partial charge in [0.05, 0.1) is 6.04 Å². The molecule has 0 spiro atoms. The van der Waals surface area contributed by atoms with Crippen molar-refractivity contribution in [3.63, 3.8) is 0 Å². The number of rotatable bonds is 5. The molecule has 0 saturated carbocycles. The van der Waals surface area contributed by atoms with Crippen LogP contribution in [0.15, 0.2) is 23.1 Å². The average molecular weight is 237 g/mol. The van der Waals surface area contributed by atoms with E-state index < -0.39 is 6.04 Å². The minimum atomic E-state index is -0.484. The van der Waals surface area contributed by atoms with E-state index in [2.05, 4.69) is 10.3 Å². The van der Waals surface area contributed by atoms with E-state index in [0.717, 1.165) is 12.0 Å². The van der Waals surface area contributed by atoms with Crippen LogP contribution in [0.5, 0.6) is 0 Å². The van der Waals surface area contributed by atoms with Crippen molar-refractivity contribution in [3.05, 3.63) is 34.2 Å². The first-order valence-corrected chi connectivity index (χ1v) is 5.75. The molecule has 0 radical (unpaired) electrons. The first-order chi connectivity index (χ1) is 8.04. The Hall–Kier alpha value is -1.62. The van der Waals surface area contributed by atoms with Crippen LogP contribution in [0.25, 0.3) is 0 Å². The third-order valence-electron chi connectivity index (χ3n) is 2.88. The second-order valence-electron chi connectivity index (χ2n) is 4.19. The Balaban J connectivity index is 2.48. The molecule has 0 aliphatic rings. The van der Waals surface area contributed by atoms with Crippen molar-refractivity contribution in [3.8, 4) is 0 Å². The SMILES string of the molecule is CCC(C)C(N)C(=O)NCc1ccc(=O)[nH]c1. The highest BCUT2D eigenvalue weighted by Gasteiger charge is 2.18. The van der Waals surface area contributed by atoms with E-state index in [1.807, 2.05) is 13.8 Å². The Labute approximate surface area is 100 Å². The molecule has 0 saturated heterocycles. The monoisotopic (exact) mass is 237 g/mol. The quantitative estimate of drug-likeness (QED) is 0.691. The number of hydrogen-bond acceptors (Lipinski definition) is 3. The zero-order valence-corrected chi connectivity index (χ0v) is 10.2. The van der Waals surface area contributed by atoms with E-state index >= 15 is 0 Å². The fraction of sp³-hybridized carbons (Fsp3) is 0.500. The minimum absolute atomic E-state index is 0.156. The van der Waals surface area contributed by atoms with E-state index in [-0.39, 0.29) is 17.4 Å². The summed E-state index contributed by atoms with van der Waals surface area (Å²) in [5, 5.41) is 2.75. The molecule has 2 unspecified atom stereocenters. The molecule has 4 N–H and O–H groups in total. The molecule has 0 aliphatic heterocycles. The number of hydrogen-bond donors (Lipinski definition) is 3. The Kier molecular flexibility index (Phi) is 4.90. The van der Waals surface area contributed by atoms with Crippen molar-refractivity contribution in [1.29, 1.82) is 0 Å². The maximum atomic E-state index is 11.7. The first kappa shape index (κ1) is 13.4. The first-order valence-electron chi connectivity index (χ1n) is 5.75. The highest BCUT2D eigenvalue weighted by Crippen LogP contribution is 2.05. The summed E-state index contributed by atoms with van der Waals surface area (Å²) in [7, 11) is 0. The van der Waals surface area contributed by atoms with Crippen LogP contribution in [0.1, 0.15) is 25.8 Å². The molecule has 17 heavy (non-hydrogen) atoms. The van der Waals surface area contributed by atoms with Crippen LogP contribution >= 0.6 is 0 Å². The van der Waals surface area contributed by atoms with Crippen LogP contribution in [0.2, 0.25) is 0 Å². The van der Waals surface area contributed by atoms with Crippen LogP contribution < -0.4 is 16.6 Å². The summed E-state index contributed by atoms with van der Waals surface area (Å²) in [6.07, 6.45) is 2.45. The van der Waals surface area contributed by atoms with E-state index in [0.29, 0.717) is 6.54 Å². The number of nitrogens with two attached hydrogens (primary N) is 1. The van der Waals surface area contributed by atoms with Crippen LogP contribution in [0.3, 0.4) is 0 Å². The van der Waals surface area contributed by atoms with Crippen molar-refractivity contribution in [1.82, 2.24) is 10.3 Å². The van der Waals surface area contributed by atoms with Gasteiger partial charge < -0.3 is 16.0 Å². The third kappa shape index (κ3) is 4.03. The second kappa shape index (κ2) is 6.20. The highest BCUT2D eigenvalue weighted by atomic mass is 16.2.